The molecule has 0 spiro atoms. The van der Waals surface area contributed by atoms with E-state index in [1.165, 1.54) is 0 Å². The molecule has 2 aromatic carbocycles. The van der Waals surface area contributed by atoms with E-state index in [9.17, 15) is 18.4 Å². The van der Waals surface area contributed by atoms with Gasteiger partial charge in [-0.2, -0.15) is 0 Å². The lowest BCUT2D eigenvalue weighted by molar-refractivity contribution is -0.122. The summed E-state index contributed by atoms with van der Waals surface area (Å²) in [5.41, 5.74) is 1.97. The molecule has 1 atom stereocenters. The van der Waals surface area contributed by atoms with Gasteiger partial charge < -0.3 is 15.4 Å². The SMILES string of the molecule is Cc1ccc(C(CN2CCOCC2)NC(=O)CCCNC(=O)c2ccc(F)cc2F)cc1. The summed E-state index contributed by atoms with van der Waals surface area (Å²) in [7, 11) is 0. The Morgan fingerprint density at radius 1 is 1.09 bits per heavy atom. The average molecular weight is 446 g/mol. The Kier molecular flexibility index (Phi) is 8.70. The first-order chi connectivity index (χ1) is 15.4. The molecule has 0 aliphatic carbocycles. The Morgan fingerprint density at radius 3 is 2.50 bits per heavy atom. The largest absolute Gasteiger partial charge is 0.379 e. The molecule has 32 heavy (non-hydrogen) atoms. The van der Waals surface area contributed by atoms with Crippen LogP contribution in [0.4, 0.5) is 8.78 Å². The van der Waals surface area contributed by atoms with Crippen LogP contribution < -0.4 is 10.6 Å². The fourth-order valence-corrected chi connectivity index (χ4v) is 3.56. The number of amides is 2. The van der Waals surface area contributed by atoms with E-state index < -0.39 is 17.5 Å². The molecular formula is C24H29F2N3O3. The van der Waals surface area contributed by atoms with Crippen LogP contribution in [0, 0.1) is 18.6 Å². The van der Waals surface area contributed by atoms with E-state index in [2.05, 4.69) is 15.5 Å². The van der Waals surface area contributed by atoms with Gasteiger partial charge in [0.15, 0.2) is 0 Å². The van der Waals surface area contributed by atoms with Crippen LogP contribution in [-0.2, 0) is 9.53 Å². The van der Waals surface area contributed by atoms with E-state index in [-0.39, 0.29) is 30.5 Å². The topological polar surface area (TPSA) is 70.7 Å². The molecule has 0 bridgehead atoms. The van der Waals surface area contributed by atoms with E-state index in [1.807, 2.05) is 31.2 Å². The number of hydrogen-bond acceptors (Lipinski definition) is 4. The van der Waals surface area contributed by atoms with Gasteiger partial charge in [-0.25, -0.2) is 8.78 Å². The van der Waals surface area contributed by atoms with Crippen LogP contribution in [0.5, 0.6) is 0 Å². The fraction of sp³-hybridized carbons (Fsp3) is 0.417. The van der Waals surface area contributed by atoms with Crippen LogP contribution in [0.15, 0.2) is 42.5 Å². The van der Waals surface area contributed by atoms with Gasteiger partial charge in [0.25, 0.3) is 5.91 Å². The highest BCUT2D eigenvalue weighted by Crippen LogP contribution is 2.17. The number of morpholine rings is 1. The quantitative estimate of drug-likeness (QED) is 0.583. The minimum atomic E-state index is -0.913. The van der Waals surface area contributed by atoms with E-state index in [0.717, 1.165) is 36.3 Å². The number of aryl methyl sites for hydroxylation is 1. The van der Waals surface area contributed by atoms with Crippen molar-refractivity contribution >= 4 is 11.8 Å². The summed E-state index contributed by atoms with van der Waals surface area (Å²) in [6, 6.07) is 10.8. The third-order valence-corrected chi connectivity index (χ3v) is 5.40. The highest BCUT2D eigenvalue weighted by Gasteiger charge is 2.20. The summed E-state index contributed by atoms with van der Waals surface area (Å²) in [5, 5.41) is 5.67. The zero-order chi connectivity index (χ0) is 22.9. The Morgan fingerprint density at radius 2 is 1.81 bits per heavy atom. The van der Waals surface area contributed by atoms with Gasteiger partial charge in [-0.1, -0.05) is 29.8 Å². The maximum Gasteiger partial charge on any atom is 0.254 e. The minimum Gasteiger partial charge on any atom is -0.379 e. The average Bonchev–Trinajstić information content (AvgIpc) is 2.77. The Labute approximate surface area is 186 Å². The van der Waals surface area contributed by atoms with Gasteiger partial charge in [-0.05, 0) is 31.0 Å². The number of benzene rings is 2. The van der Waals surface area contributed by atoms with E-state index in [0.29, 0.717) is 32.2 Å². The van der Waals surface area contributed by atoms with Crippen molar-refractivity contribution in [1.82, 2.24) is 15.5 Å². The molecule has 6 nitrogen and oxygen atoms in total. The number of nitrogens with zero attached hydrogens (tertiary/aromatic N) is 1. The molecule has 0 radical (unpaired) electrons. The number of rotatable bonds is 9. The van der Waals surface area contributed by atoms with E-state index in [4.69, 9.17) is 4.74 Å². The molecule has 1 unspecified atom stereocenters. The Bertz CT molecular complexity index is 915. The smallest absolute Gasteiger partial charge is 0.254 e. The molecule has 0 saturated carbocycles. The molecule has 3 rings (SSSR count). The fourth-order valence-electron chi connectivity index (χ4n) is 3.56. The lowest BCUT2D eigenvalue weighted by Gasteiger charge is -2.31. The summed E-state index contributed by atoms with van der Waals surface area (Å²) in [6.45, 7) is 5.94. The molecule has 2 amide bonds. The van der Waals surface area contributed by atoms with Gasteiger partial charge >= 0.3 is 0 Å². The van der Waals surface area contributed by atoms with Crippen LogP contribution in [0.1, 0.15) is 40.4 Å². The molecule has 0 aromatic heterocycles. The van der Waals surface area contributed by atoms with Crippen LogP contribution in [-0.4, -0.2) is 56.1 Å². The summed E-state index contributed by atoms with van der Waals surface area (Å²) >= 11 is 0. The van der Waals surface area contributed by atoms with E-state index in [1.54, 1.807) is 0 Å². The lowest BCUT2D eigenvalue weighted by atomic mass is 10.0. The van der Waals surface area contributed by atoms with Crippen molar-refractivity contribution in [2.24, 2.45) is 0 Å². The van der Waals surface area contributed by atoms with Crippen molar-refractivity contribution < 1.29 is 23.1 Å². The second kappa shape index (κ2) is 11.7. The van der Waals surface area contributed by atoms with Crippen LogP contribution >= 0.6 is 0 Å². The minimum absolute atomic E-state index is 0.119. The Hall–Kier alpha value is -2.84. The molecule has 1 aliphatic heterocycles. The molecule has 2 aromatic rings. The summed E-state index contributed by atoms with van der Waals surface area (Å²) in [5.74, 6) is -2.40. The second-order valence-electron chi connectivity index (χ2n) is 7.93. The van der Waals surface area contributed by atoms with Crippen molar-refractivity contribution in [3.05, 3.63) is 70.8 Å². The van der Waals surface area contributed by atoms with Crippen molar-refractivity contribution in [3.8, 4) is 0 Å². The molecule has 1 heterocycles. The predicted molar refractivity (Wildman–Crippen MR) is 117 cm³/mol. The summed E-state index contributed by atoms with van der Waals surface area (Å²) < 4.78 is 32.1. The normalized spacial score (nSPS) is 15.2. The molecular weight excluding hydrogens is 416 g/mol. The van der Waals surface area contributed by atoms with Crippen LogP contribution in [0.3, 0.4) is 0 Å². The maximum absolute atomic E-state index is 13.7. The van der Waals surface area contributed by atoms with Crippen molar-refractivity contribution in [2.75, 3.05) is 39.4 Å². The third kappa shape index (κ3) is 7.10. The van der Waals surface area contributed by atoms with Crippen LogP contribution in [0.2, 0.25) is 0 Å². The molecule has 1 fully saturated rings. The standard InChI is InChI=1S/C24H29F2N3O3/c1-17-4-6-18(7-5-17)22(16-29-11-13-32-14-12-29)28-23(30)3-2-10-27-24(31)20-9-8-19(25)15-21(20)26/h4-9,15,22H,2-3,10-14,16H2,1H3,(H,27,31)(H,28,30). The first-order valence-corrected chi connectivity index (χ1v) is 10.8. The van der Waals surface area contributed by atoms with Gasteiger partial charge in [-0.15, -0.1) is 0 Å². The summed E-state index contributed by atoms with van der Waals surface area (Å²) in [6.07, 6.45) is 0.621. The number of carbonyl (C=O) groups excluding carboxylic acids is 2. The van der Waals surface area contributed by atoms with Gasteiger partial charge in [0.1, 0.15) is 11.6 Å². The van der Waals surface area contributed by atoms with Crippen molar-refractivity contribution in [2.45, 2.75) is 25.8 Å². The lowest BCUT2D eigenvalue weighted by Crippen LogP contribution is -2.43. The molecule has 1 aliphatic rings. The Balaban J connectivity index is 1.49. The highest BCUT2D eigenvalue weighted by molar-refractivity contribution is 5.94. The number of hydrogen-bond donors (Lipinski definition) is 2. The first-order valence-electron chi connectivity index (χ1n) is 10.8. The number of nitrogens with one attached hydrogen (secondary N) is 2. The summed E-state index contributed by atoms with van der Waals surface area (Å²) in [4.78, 5) is 26.9. The number of ether oxygens (including phenoxy) is 1. The number of halogens is 2. The zero-order valence-electron chi connectivity index (χ0n) is 18.2. The van der Waals surface area contributed by atoms with Gasteiger partial charge in [-0.3, -0.25) is 14.5 Å². The van der Waals surface area contributed by atoms with E-state index >= 15 is 0 Å². The van der Waals surface area contributed by atoms with Crippen molar-refractivity contribution in [1.29, 1.82) is 0 Å². The molecule has 1 saturated heterocycles. The van der Waals surface area contributed by atoms with Gasteiger partial charge in [0.05, 0.1) is 24.8 Å². The van der Waals surface area contributed by atoms with Crippen LogP contribution in [0.25, 0.3) is 0 Å². The third-order valence-electron chi connectivity index (χ3n) is 5.40. The monoisotopic (exact) mass is 445 g/mol. The zero-order valence-corrected chi connectivity index (χ0v) is 18.2. The molecule has 8 heteroatoms. The molecule has 172 valence electrons. The number of carbonyl (C=O) groups is 2. The highest BCUT2D eigenvalue weighted by atomic mass is 19.1. The second-order valence-corrected chi connectivity index (χ2v) is 7.93. The predicted octanol–water partition coefficient (Wildman–Crippen LogP) is 2.97. The maximum atomic E-state index is 13.7. The van der Waals surface area contributed by atoms with Crippen molar-refractivity contribution in [3.63, 3.8) is 0 Å². The van der Waals surface area contributed by atoms with Gasteiger partial charge in [0.2, 0.25) is 5.91 Å². The molecule has 2 N–H and O–H groups in total. The first kappa shape index (κ1) is 23.8. The van der Waals surface area contributed by atoms with Gasteiger partial charge in [0, 0.05) is 38.7 Å².